The van der Waals surface area contributed by atoms with Crippen LogP contribution in [0, 0.1) is 0 Å². The molecule has 0 unspecified atom stereocenters. The van der Waals surface area contributed by atoms with Crippen molar-refractivity contribution >= 4 is 9.36 Å². The van der Waals surface area contributed by atoms with E-state index in [1.54, 1.807) is 0 Å². The largest absolute Gasteiger partial charge is 0.393 e. The summed E-state index contributed by atoms with van der Waals surface area (Å²) < 4.78 is 6.36. The molecule has 3 saturated carbocycles. The molecule has 3 aliphatic carbocycles. The van der Waals surface area contributed by atoms with Crippen LogP contribution < -0.4 is 15.3 Å². The minimum Gasteiger partial charge on any atom is -0.393 e. The molecule has 3 aliphatic rings. The first-order valence-electron chi connectivity index (χ1n) is 10.8. The van der Waals surface area contributed by atoms with Crippen molar-refractivity contribution in [3.8, 4) is 0 Å². The summed E-state index contributed by atoms with van der Waals surface area (Å²) in [6.07, 6.45) is 19.3. The Kier molecular flexibility index (Phi) is 8.57. The van der Waals surface area contributed by atoms with Crippen LogP contribution >= 0.6 is 0 Å². The van der Waals surface area contributed by atoms with Crippen molar-refractivity contribution in [3.63, 3.8) is 0 Å². The first-order valence-corrected chi connectivity index (χ1v) is 12.4. The lowest BCUT2D eigenvalue weighted by molar-refractivity contribution is 0.269. The molecular formula is C19H39N3OSi. The van der Waals surface area contributed by atoms with E-state index < -0.39 is 9.36 Å². The molecule has 0 atom stereocenters. The van der Waals surface area contributed by atoms with Crippen molar-refractivity contribution in [3.05, 3.63) is 0 Å². The highest BCUT2D eigenvalue weighted by atomic mass is 28.3. The van der Waals surface area contributed by atoms with Crippen molar-refractivity contribution in [2.75, 3.05) is 13.2 Å². The molecule has 3 rings (SSSR count). The molecule has 140 valence electrons. The van der Waals surface area contributed by atoms with Gasteiger partial charge in [-0.3, -0.25) is 0 Å². The topological polar surface area (TPSA) is 45.3 Å². The molecule has 0 amide bonds. The third-order valence-electron chi connectivity index (χ3n) is 6.16. The lowest BCUT2D eigenvalue weighted by Crippen LogP contribution is -2.58. The third kappa shape index (κ3) is 6.75. The maximum Gasteiger partial charge on any atom is 0.335 e. The highest BCUT2D eigenvalue weighted by molar-refractivity contribution is 6.46. The van der Waals surface area contributed by atoms with Gasteiger partial charge in [0.25, 0.3) is 0 Å². The van der Waals surface area contributed by atoms with E-state index in [1.165, 1.54) is 89.9 Å². The van der Waals surface area contributed by atoms with Crippen LogP contribution in [0.1, 0.15) is 89.9 Å². The second-order valence-corrected chi connectivity index (χ2v) is 9.95. The molecule has 0 heterocycles. The molecular weight excluding hydrogens is 314 g/mol. The Morgan fingerprint density at radius 2 is 1.08 bits per heavy atom. The molecule has 0 aromatic heterocycles. The van der Waals surface area contributed by atoms with Gasteiger partial charge >= 0.3 is 9.36 Å². The minimum absolute atomic E-state index is 0.703. The fraction of sp³-hybridized carbons (Fsp3) is 1.00. The van der Waals surface area contributed by atoms with Gasteiger partial charge in [-0.05, 0) is 38.5 Å². The lowest BCUT2D eigenvalue weighted by Gasteiger charge is -2.32. The van der Waals surface area contributed by atoms with E-state index in [9.17, 15) is 0 Å². The van der Waals surface area contributed by atoms with Gasteiger partial charge in [0.1, 0.15) is 0 Å². The summed E-state index contributed by atoms with van der Waals surface area (Å²) in [6, 6.07) is 2.16. The maximum atomic E-state index is 6.36. The van der Waals surface area contributed by atoms with Crippen LogP contribution in [0.3, 0.4) is 0 Å². The van der Waals surface area contributed by atoms with Crippen LogP contribution in [0.15, 0.2) is 0 Å². The molecule has 0 saturated heterocycles. The molecule has 0 bridgehead atoms. The molecule has 0 aliphatic heterocycles. The van der Waals surface area contributed by atoms with Crippen molar-refractivity contribution in [1.29, 1.82) is 0 Å². The normalized spacial score (nSPS) is 24.9. The summed E-state index contributed by atoms with van der Waals surface area (Å²) >= 11 is 0. The quantitative estimate of drug-likeness (QED) is 0.440. The van der Waals surface area contributed by atoms with Gasteiger partial charge in [-0.1, -0.05) is 51.4 Å². The van der Waals surface area contributed by atoms with Crippen LogP contribution in [0.25, 0.3) is 0 Å². The van der Waals surface area contributed by atoms with Crippen LogP contribution in [0.4, 0.5) is 0 Å². The lowest BCUT2D eigenvalue weighted by atomic mass is 9.96. The third-order valence-corrected chi connectivity index (χ3v) is 8.28. The standard InChI is InChI=1S/C19H39N3OSi/c1-3-11-18(12-4-1)21-24(22-19-13-5-2-6-14-19)23-16-15-20-17-9-7-8-10-17/h17-22,24H,1-16H2. The molecule has 0 spiro atoms. The predicted octanol–water partition coefficient (Wildman–Crippen LogP) is 3.10. The van der Waals surface area contributed by atoms with E-state index in [2.05, 4.69) is 15.3 Å². The Hall–Kier alpha value is 0.0569. The minimum atomic E-state index is -1.49. The summed E-state index contributed by atoms with van der Waals surface area (Å²) in [4.78, 5) is 7.82. The first kappa shape index (κ1) is 18.8. The van der Waals surface area contributed by atoms with Crippen molar-refractivity contribution in [1.82, 2.24) is 15.3 Å². The summed E-state index contributed by atoms with van der Waals surface area (Å²) in [5, 5.41) is 3.69. The van der Waals surface area contributed by atoms with E-state index in [0.717, 1.165) is 19.2 Å². The van der Waals surface area contributed by atoms with E-state index in [0.29, 0.717) is 12.1 Å². The number of hydrogen-bond donors (Lipinski definition) is 3. The van der Waals surface area contributed by atoms with E-state index in [1.807, 2.05) is 0 Å². The maximum absolute atomic E-state index is 6.36. The smallest absolute Gasteiger partial charge is 0.335 e. The van der Waals surface area contributed by atoms with Gasteiger partial charge in [0.15, 0.2) is 0 Å². The number of rotatable bonds is 9. The van der Waals surface area contributed by atoms with E-state index >= 15 is 0 Å². The van der Waals surface area contributed by atoms with Gasteiger partial charge in [-0.15, -0.1) is 0 Å². The first-order chi connectivity index (χ1) is 11.9. The Labute approximate surface area is 150 Å². The molecule has 4 nitrogen and oxygen atoms in total. The van der Waals surface area contributed by atoms with Crippen molar-refractivity contribution in [2.45, 2.75) is 108 Å². The van der Waals surface area contributed by atoms with Gasteiger partial charge in [0.2, 0.25) is 0 Å². The SMILES string of the molecule is C1CCC(N[SiH](NC2CCCCC2)OCCNC2CCCC2)CC1. The Morgan fingerprint density at radius 1 is 0.625 bits per heavy atom. The van der Waals surface area contributed by atoms with E-state index in [-0.39, 0.29) is 0 Å². The van der Waals surface area contributed by atoms with E-state index in [4.69, 9.17) is 4.43 Å². The van der Waals surface area contributed by atoms with Crippen LogP contribution in [-0.2, 0) is 4.43 Å². The van der Waals surface area contributed by atoms with Gasteiger partial charge < -0.3 is 19.7 Å². The van der Waals surface area contributed by atoms with Crippen LogP contribution in [0.2, 0.25) is 0 Å². The zero-order valence-corrected chi connectivity index (χ0v) is 16.7. The molecule has 0 aromatic rings. The Morgan fingerprint density at radius 3 is 1.62 bits per heavy atom. The molecule has 3 fully saturated rings. The predicted molar refractivity (Wildman–Crippen MR) is 103 cm³/mol. The van der Waals surface area contributed by atoms with Gasteiger partial charge in [-0.25, -0.2) is 0 Å². The molecule has 24 heavy (non-hydrogen) atoms. The second kappa shape index (κ2) is 10.9. The zero-order valence-electron chi connectivity index (χ0n) is 15.5. The molecule has 5 heteroatoms. The molecule has 0 aromatic carbocycles. The summed E-state index contributed by atoms with van der Waals surface area (Å²) in [5.41, 5.74) is 0. The van der Waals surface area contributed by atoms with Gasteiger partial charge in [0, 0.05) is 31.3 Å². The monoisotopic (exact) mass is 353 g/mol. The van der Waals surface area contributed by atoms with Crippen LogP contribution in [-0.4, -0.2) is 40.6 Å². The van der Waals surface area contributed by atoms with Crippen LogP contribution in [0.5, 0.6) is 0 Å². The highest BCUT2D eigenvalue weighted by Crippen LogP contribution is 2.20. The van der Waals surface area contributed by atoms with Crippen molar-refractivity contribution in [2.24, 2.45) is 0 Å². The van der Waals surface area contributed by atoms with Gasteiger partial charge in [0.05, 0.1) is 0 Å². The summed E-state index contributed by atoms with van der Waals surface area (Å²) in [6.45, 7) is 1.89. The molecule has 3 N–H and O–H groups in total. The van der Waals surface area contributed by atoms with Crippen molar-refractivity contribution < 1.29 is 4.43 Å². The zero-order chi connectivity index (χ0) is 16.5. The second-order valence-electron chi connectivity index (χ2n) is 8.19. The summed E-state index contributed by atoms with van der Waals surface area (Å²) in [5.74, 6) is 0. The average Bonchev–Trinajstić information content (AvgIpc) is 3.14. The highest BCUT2D eigenvalue weighted by Gasteiger charge is 2.24. The Balaban J connectivity index is 1.38. The number of hydrogen-bond acceptors (Lipinski definition) is 4. The Bertz CT molecular complexity index is 307. The molecule has 0 radical (unpaired) electrons. The fourth-order valence-corrected chi connectivity index (χ4v) is 6.85. The van der Waals surface area contributed by atoms with Gasteiger partial charge in [-0.2, -0.15) is 0 Å². The number of nitrogens with one attached hydrogen (secondary N) is 3. The average molecular weight is 354 g/mol. The summed E-state index contributed by atoms with van der Waals surface area (Å²) in [7, 11) is -1.49. The fourth-order valence-electron chi connectivity index (χ4n) is 4.68.